The molecule has 2 heterocycles. The minimum Gasteiger partial charge on any atom is -0.368 e. The highest BCUT2D eigenvalue weighted by atomic mass is 19.1. The van der Waals surface area contributed by atoms with Crippen LogP contribution in [0.4, 0.5) is 21.8 Å². The first-order chi connectivity index (χ1) is 8.74. The van der Waals surface area contributed by atoms with Gasteiger partial charge in [-0.25, -0.2) is 9.37 Å². The van der Waals surface area contributed by atoms with Crippen molar-refractivity contribution in [2.45, 2.75) is 12.8 Å². The lowest BCUT2D eigenvalue weighted by Gasteiger charge is -2.30. The summed E-state index contributed by atoms with van der Waals surface area (Å²) in [6, 6.07) is 6.67. The topological polar surface area (TPSA) is 55.0 Å². The van der Waals surface area contributed by atoms with Crippen molar-refractivity contribution in [3.8, 4) is 0 Å². The number of nitrogens with two attached hydrogens (primary N) is 1. The number of hydrogen-bond donors (Lipinski definition) is 1. The molecule has 18 heavy (non-hydrogen) atoms. The number of fused-ring (bicyclic) bond motifs is 1. The molecule has 92 valence electrons. The summed E-state index contributed by atoms with van der Waals surface area (Å²) < 4.78 is 13.2. The van der Waals surface area contributed by atoms with Crippen molar-refractivity contribution in [3.05, 3.63) is 41.8 Å². The molecule has 0 atom stereocenters. The van der Waals surface area contributed by atoms with Crippen molar-refractivity contribution >= 4 is 17.5 Å². The molecule has 1 aromatic carbocycles. The number of hydrogen-bond acceptors (Lipinski definition) is 4. The monoisotopic (exact) mass is 244 g/mol. The van der Waals surface area contributed by atoms with Gasteiger partial charge in [0.1, 0.15) is 11.6 Å². The summed E-state index contributed by atoms with van der Waals surface area (Å²) in [5, 5.41) is 0. The third-order valence-electron chi connectivity index (χ3n) is 3.10. The molecule has 2 N–H and O–H groups in total. The molecule has 1 aliphatic rings. The van der Waals surface area contributed by atoms with E-state index in [4.69, 9.17) is 5.73 Å². The van der Waals surface area contributed by atoms with Crippen LogP contribution in [0.1, 0.15) is 12.0 Å². The van der Waals surface area contributed by atoms with Crippen LogP contribution >= 0.6 is 0 Å². The van der Waals surface area contributed by atoms with Gasteiger partial charge in [0.2, 0.25) is 5.95 Å². The normalized spacial score (nSPS) is 14.4. The molecule has 3 rings (SSSR count). The lowest BCUT2D eigenvalue weighted by molar-refractivity contribution is 0.622. The number of rotatable bonds is 1. The highest BCUT2D eigenvalue weighted by Crippen LogP contribution is 2.32. The summed E-state index contributed by atoms with van der Waals surface area (Å²) in [5.74, 6) is 0.814. The van der Waals surface area contributed by atoms with Crippen LogP contribution < -0.4 is 10.6 Å². The molecule has 2 aromatic rings. The zero-order valence-electron chi connectivity index (χ0n) is 9.81. The molecule has 0 aliphatic carbocycles. The van der Waals surface area contributed by atoms with Gasteiger partial charge in [-0.15, -0.1) is 0 Å². The number of benzene rings is 1. The van der Waals surface area contributed by atoms with Gasteiger partial charge in [-0.1, -0.05) is 0 Å². The van der Waals surface area contributed by atoms with E-state index in [2.05, 4.69) is 14.9 Å². The third-order valence-corrected chi connectivity index (χ3v) is 3.10. The summed E-state index contributed by atoms with van der Waals surface area (Å²) >= 11 is 0. The second-order valence-electron chi connectivity index (χ2n) is 4.30. The Balaban J connectivity index is 2.06. The second kappa shape index (κ2) is 4.25. The van der Waals surface area contributed by atoms with Crippen LogP contribution in [-0.4, -0.2) is 16.5 Å². The summed E-state index contributed by atoms with van der Waals surface area (Å²) in [6.45, 7) is 0.856. The van der Waals surface area contributed by atoms with Crippen LogP contribution in [-0.2, 0) is 6.42 Å². The number of aromatic nitrogens is 2. The summed E-state index contributed by atoms with van der Waals surface area (Å²) in [7, 11) is 0. The standard InChI is InChI=1S/C13H13FN4/c14-10-3-4-11-9(8-10)2-1-7-18(11)12-5-6-16-13(15)17-12/h3-6,8H,1-2,7H2,(H2,15,16,17). The van der Waals surface area contributed by atoms with Gasteiger partial charge in [-0.05, 0) is 42.7 Å². The quantitative estimate of drug-likeness (QED) is 0.836. The maximum Gasteiger partial charge on any atom is 0.221 e. The minimum atomic E-state index is -0.196. The van der Waals surface area contributed by atoms with E-state index in [1.165, 1.54) is 6.07 Å². The molecule has 1 aliphatic heterocycles. The number of halogens is 1. The first kappa shape index (κ1) is 11.0. The van der Waals surface area contributed by atoms with Crippen LogP contribution in [0, 0.1) is 5.82 Å². The fraction of sp³-hybridized carbons (Fsp3) is 0.231. The van der Waals surface area contributed by atoms with Gasteiger partial charge in [0, 0.05) is 18.4 Å². The van der Waals surface area contributed by atoms with Crippen LogP contribution in [0.15, 0.2) is 30.5 Å². The Bertz CT molecular complexity index is 585. The molecule has 1 aromatic heterocycles. The molecule has 0 bridgehead atoms. The molecule has 0 unspecified atom stereocenters. The average molecular weight is 244 g/mol. The van der Waals surface area contributed by atoms with Gasteiger partial charge in [-0.2, -0.15) is 4.98 Å². The molecule has 0 radical (unpaired) electrons. The van der Waals surface area contributed by atoms with Crippen molar-refractivity contribution in [1.82, 2.24) is 9.97 Å². The zero-order valence-corrected chi connectivity index (χ0v) is 9.81. The summed E-state index contributed by atoms with van der Waals surface area (Å²) in [6.07, 6.45) is 3.50. The maximum atomic E-state index is 13.2. The predicted octanol–water partition coefficient (Wildman–Crippen LogP) is 2.28. The molecule has 0 spiro atoms. The van der Waals surface area contributed by atoms with Gasteiger partial charge in [0.25, 0.3) is 0 Å². The smallest absolute Gasteiger partial charge is 0.221 e. The van der Waals surface area contributed by atoms with E-state index < -0.39 is 0 Å². The van der Waals surface area contributed by atoms with Crippen LogP contribution in [0.2, 0.25) is 0 Å². The third kappa shape index (κ3) is 1.88. The lowest BCUT2D eigenvalue weighted by Crippen LogP contribution is -2.25. The van der Waals surface area contributed by atoms with Crippen molar-refractivity contribution in [1.29, 1.82) is 0 Å². The van der Waals surface area contributed by atoms with Gasteiger partial charge >= 0.3 is 0 Å². The first-order valence-corrected chi connectivity index (χ1v) is 5.88. The fourth-order valence-electron chi connectivity index (χ4n) is 2.32. The Morgan fingerprint density at radius 3 is 3.00 bits per heavy atom. The van der Waals surface area contributed by atoms with Crippen molar-refractivity contribution in [2.24, 2.45) is 0 Å². The molecule has 5 heteroatoms. The van der Waals surface area contributed by atoms with Gasteiger partial charge in [-0.3, -0.25) is 0 Å². The van der Waals surface area contributed by atoms with E-state index in [0.717, 1.165) is 36.5 Å². The van der Waals surface area contributed by atoms with Crippen molar-refractivity contribution < 1.29 is 4.39 Å². The van der Waals surface area contributed by atoms with Gasteiger partial charge in [0.05, 0.1) is 0 Å². The first-order valence-electron chi connectivity index (χ1n) is 5.88. The molecular weight excluding hydrogens is 231 g/mol. The largest absolute Gasteiger partial charge is 0.368 e. The van der Waals surface area contributed by atoms with Gasteiger partial charge < -0.3 is 10.6 Å². The summed E-state index contributed by atoms with van der Waals surface area (Å²) in [5.41, 5.74) is 7.61. The van der Waals surface area contributed by atoms with E-state index in [9.17, 15) is 4.39 Å². The fourth-order valence-corrected chi connectivity index (χ4v) is 2.32. The average Bonchev–Trinajstić information content (AvgIpc) is 2.37. The second-order valence-corrected chi connectivity index (χ2v) is 4.30. The SMILES string of the molecule is Nc1nccc(N2CCCc3cc(F)ccc32)n1. The van der Waals surface area contributed by atoms with E-state index in [-0.39, 0.29) is 11.8 Å². The van der Waals surface area contributed by atoms with Crippen LogP contribution in [0.25, 0.3) is 0 Å². The maximum absolute atomic E-state index is 13.2. The van der Waals surface area contributed by atoms with E-state index >= 15 is 0 Å². The Kier molecular flexibility index (Phi) is 2.59. The minimum absolute atomic E-state index is 0.196. The van der Waals surface area contributed by atoms with Gasteiger partial charge in [0.15, 0.2) is 0 Å². The number of nitrogen functional groups attached to an aromatic ring is 1. The van der Waals surface area contributed by atoms with Crippen LogP contribution in [0.3, 0.4) is 0 Å². The Morgan fingerprint density at radius 1 is 1.28 bits per heavy atom. The Morgan fingerprint density at radius 2 is 2.17 bits per heavy atom. The molecule has 0 amide bonds. The zero-order chi connectivity index (χ0) is 12.5. The van der Waals surface area contributed by atoms with E-state index in [1.807, 2.05) is 6.07 Å². The van der Waals surface area contributed by atoms with Crippen molar-refractivity contribution in [3.63, 3.8) is 0 Å². The molecular formula is C13H13FN4. The van der Waals surface area contributed by atoms with Crippen LogP contribution in [0.5, 0.6) is 0 Å². The Labute approximate surface area is 104 Å². The number of anilines is 3. The van der Waals surface area contributed by atoms with E-state index in [0.29, 0.717) is 0 Å². The highest BCUT2D eigenvalue weighted by molar-refractivity contribution is 5.65. The number of nitrogens with zero attached hydrogens (tertiary/aromatic N) is 3. The number of aryl methyl sites for hydroxylation is 1. The molecule has 0 saturated heterocycles. The summed E-state index contributed by atoms with van der Waals surface area (Å²) in [4.78, 5) is 10.2. The van der Waals surface area contributed by atoms with E-state index in [1.54, 1.807) is 18.3 Å². The lowest BCUT2D eigenvalue weighted by atomic mass is 10.0. The Hall–Kier alpha value is -2.17. The highest BCUT2D eigenvalue weighted by Gasteiger charge is 2.19. The van der Waals surface area contributed by atoms with Crippen molar-refractivity contribution in [2.75, 3.05) is 17.2 Å². The molecule has 4 nitrogen and oxygen atoms in total. The molecule has 0 fully saturated rings. The molecule has 0 saturated carbocycles. The predicted molar refractivity (Wildman–Crippen MR) is 68.2 cm³/mol.